The Balaban J connectivity index is 1.70. The lowest BCUT2D eigenvalue weighted by molar-refractivity contribution is -0.116. The van der Waals surface area contributed by atoms with Crippen LogP contribution in [-0.2, 0) is 4.79 Å². The number of anilines is 2. The summed E-state index contributed by atoms with van der Waals surface area (Å²) in [6.45, 7) is 0.973. The van der Waals surface area contributed by atoms with E-state index in [-0.39, 0.29) is 5.91 Å². The smallest absolute Gasteiger partial charge is 0.224 e. The van der Waals surface area contributed by atoms with Gasteiger partial charge >= 0.3 is 0 Å². The van der Waals surface area contributed by atoms with Gasteiger partial charge in [-0.1, -0.05) is 18.0 Å². The molecule has 1 aromatic carbocycles. The fraction of sp³-hybridized carbons (Fsp3) is 0.533. The van der Waals surface area contributed by atoms with Crippen LogP contribution in [0.4, 0.5) is 11.4 Å². The van der Waals surface area contributed by atoms with Crippen molar-refractivity contribution in [2.45, 2.75) is 38.1 Å². The molecule has 0 unspecified atom stereocenters. The first-order valence-corrected chi connectivity index (χ1v) is 7.49. The molecule has 1 aliphatic carbocycles. The van der Waals surface area contributed by atoms with Crippen LogP contribution in [0.3, 0.4) is 0 Å². The molecule has 1 aliphatic rings. The van der Waals surface area contributed by atoms with Gasteiger partial charge in [-0.3, -0.25) is 4.79 Å². The number of nitrogen functional groups attached to an aromatic ring is 1. The van der Waals surface area contributed by atoms with Crippen LogP contribution >= 0.6 is 11.6 Å². The quantitative estimate of drug-likeness (QED) is 0.793. The fourth-order valence-corrected chi connectivity index (χ4v) is 2.46. The highest BCUT2D eigenvalue weighted by molar-refractivity contribution is 6.33. The van der Waals surface area contributed by atoms with E-state index in [0.29, 0.717) is 22.8 Å². The molecule has 1 aromatic rings. The van der Waals surface area contributed by atoms with Gasteiger partial charge in [0.05, 0.1) is 10.7 Å². The number of halogens is 1. The molecule has 0 aromatic heterocycles. The normalized spacial score (nSPS) is 15.2. The van der Waals surface area contributed by atoms with Crippen LogP contribution in [0, 0.1) is 0 Å². The number of nitrogens with one attached hydrogen (secondary N) is 1. The molecule has 2 rings (SSSR count). The molecule has 3 N–H and O–H groups in total. The van der Waals surface area contributed by atoms with Crippen molar-refractivity contribution in [1.82, 2.24) is 4.90 Å². The zero-order chi connectivity index (χ0) is 14.5. The van der Waals surface area contributed by atoms with Crippen LogP contribution in [-0.4, -0.2) is 30.4 Å². The second-order valence-electron chi connectivity index (χ2n) is 5.45. The van der Waals surface area contributed by atoms with Gasteiger partial charge in [0.2, 0.25) is 5.91 Å². The largest absolute Gasteiger partial charge is 0.397 e. The van der Waals surface area contributed by atoms with Crippen molar-refractivity contribution < 1.29 is 4.79 Å². The summed E-state index contributed by atoms with van der Waals surface area (Å²) in [5.41, 5.74) is 6.88. The van der Waals surface area contributed by atoms with E-state index < -0.39 is 0 Å². The maximum absolute atomic E-state index is 11.8. The predicted molar refractivity (Wildman–Crippen MR) is 84.0 cm³/mol. The number of nitrogens with two attached hydrogens (primary N) is 1. The topological polar surface area (TPSA) is 58.4 Å². The van der Waals surface area contributed by atoms with E-state index in [1.165, 1.54) is 19.3 Å². The lowest BCUT2D eigenvalue weighted by Gasteiger charge is -2.34. The van der Waals surface area contributed by atoms with Gasteiger partial charge in [-0.15, -0.1) is 0 Å². The third-order valence-corrected chi connectivity index (χ3v) is 4.24. The van der Waals surface area contributed by atoms with Crippen LogP contribution < -0.4 is 11.1 Å². The summed E-state index contributed by atoms with van der Waals surface area (Å²) in [6.07, 6.45) is 5.34. The van der Waals surface area contributed by atoms with Gasteiger partial charge in [0.15, 0.2) is 0 Å². The Kier molecular flexibility index (Phi) is 5.26. The summed E-state index contributed by atoms with van der Waals surface area (Å²) in [5.74, 6) is 0.0220. The Bertz CT molecular complexity index is 474. The highest BCUT2D eigenvalue weighted by atomic mass is 35.5. The van der Waals surface area contributed by atoms with Crippen LogP contribution in [0.1, 0.15) is 32.1 Å². The number of hydrogen-bond acceptors (Lipinski definition) is 3. The van der Waals surface area contributed by atoms with E-state index in [0.717, 1.165) is 19.0 Å². The number of hydrogen-bond donors (Lipinski definition) is 2. The Morgan fingerprint density at radius 1 is 1.50 bits per heavy atom. The molecular weight excluding hydrogens is 274 g/mol. The Morgan fingerprint density at radius 3 is 2.85 bits per heavy atom. The maximum atomic E-state index is 11.8. The number of nitrogens with zero attached hydrogens (tertiary/aromatic N) is 1. The van der Waals surface area contributed by atoms with E-state index in [1.807, 2.05) is 0 Å². The molecule has 0 bridgehead atoms. The van der Waals surface area contributed by atoms with Crippen molar-refractivity contribution in [2.75, 3.05) is 24.6 Å². The molecule has 1 amide bonds. The minimum atomic E-state index is 0.0220. The summed E-state index contributed by atoms with van der Waals surface area (Å²) in [6, 6.07) is 5.86. The van der Waals surface area contributed by atoms with Gasteiger partial charge < -0.3 is 16.0 Å². The molecule has 110 valence electrons. The average molecular weight is 296 g/mol. The number of benzene rings is 1. The summed E-state index contributed by atoms with van der Waals surface area (Å²) in [4.78, 5) is 14.2. The van der Waals surface area contributed by atoms with Gasteiger partial charge in [0.25, 0.3) is 0 Å². The van der Waals surface area contributed by atoms with Gasteiger partial charge in [-0.2, -0.15) is 0 Å². The first-order valence-electron chi connectivity index (χ1n) is 7.11. The number of amides is 1. The Hall–Kier alpha value is -1.26. The first kappa shape index (κ1) is 15.1. The summed E-state index contributed by atoms with van der Waals surface area (Å²) in [7, 11) is 2.14. The van der Waals surface area contributed by atoms with Gasteiger partial charge in [-0.05, 0) is 51.1 Å². The van der Waals surface area contributed by atoms with Crippen LogP contribution in [0.2, 0.25) is 5.02 Å². The van der Waals surface area contributed by atoms with E-state index in [1.54, 1.807) is 18.2 Å². The minimum Gasteiger partial charge on any atom is -0.397 e. The van der Waals surface area contributed by atoms with Crippen LogP contribution in [0.25, 0.3) is 0 Å². The standard InChI is InChI=1S/C15H22ClN3O/c1-19(12-4-2-5-12)9-3-6-15(20)18-11-7-8-13(16)14(17)10-11/h7-8,10,12H,2-6,9,17H2,1H3,(H,18,20). The van der Waals surface area contributed by atoms with Crippen molar-refractivity contribution >= 4 is 28.9 Å². The highest BCUT2D eigenvalue weighted by Gasteiger charge is 2.21. The lowest BCUT2D eigenvalue weighted by Crippen LogP contribution is -2.37. The second-order valence-corrected chi connectivity index (χ2v) is 5.86. The molecule has 1 saturated carbocycles. The molecule has 0 heterocycles. The van der Waals surface area contributed by atoms with E-state index in [2.05, 4.69) is 17.3 Å². The van der Waals surface area contributed by atoms with Crippen molar-refractivity contribution in [3.8, 4) is 0 Å². The SMILES string of the molecule is CN(CCCC(=O)Nc1ccc(Cl)c(N)c1)C1CCC1. The summed E-state index contributed by atoms with van der Waals surface area (Å²) >= 11 is 5.84. The maximum Gasteiger partial charge on any atom is 0.224 e. The molecule has 20 heavy (non-hydrogen) atoms. The third kappa shape index (κ3) is 4.12. The minimum absolute atomic E-state index is 0.0220. The number of carbonyl (C=O) groups excluding carboxylic acids is 1. The van der Waals surface area contributed by atoms with Gasteiger partial charge in [0, 0.05) is 18.2 Å². The lowest BCUT2D eigenvalue weighted by atomic mass is 9.92. The van der Waals surface area contributed by atoms with Crippen molar-refractivity contribution in [2.24, 2.45) is 0 Å². The van der Waals surface area contributed by atoms with Crippen molar-refractivity contribution in [1.29, 1.82) is 0 Å². The summed E-state index contributed by atoms with van der Waals surface area (Å²) in [5, 5.41) is 3.35. The third-order valence-electron chi connectivity index (χ3n) is 3.89. The summed E-state index contributed by atoms with van der Waals surface area (Å²) < 4.78 is 0. The molecule has 1 fully saturated rings. The predicted octanol–water partition coefficient (Wildman–Crippen LogP) is 3.13. The Morgan fingerprint density at radius 2 is 2.25 bits per heavy atom. The Labute approximate surface area is 125 Å². The van der Waals surface area contributed by atoms with E-state index in [9.17, 15) is 4.79 Å². The van der Waals surface area contributed by atoms with Crippen molar-refractivity contribution in [3.63, 3.8) is 0 Å². The molecule has 5 heteroatoms. The van der Waals surface area contributed by atoms with Crippen LogP contribution in [0.15, 0.2) is 18.2 Å². The van der Waals surface area contributed by atoms with E-state index in [4.69, 9.17) is 17.3 Å². The zero-order valence-corrected chi connectivity index (χ0v) is 12.6. The zero-order valence-electron chi connectivity index (χ0n) is 11.9. The molecule has 0 saturated heterocycles. The van der Waals surface area contributed by atoms with Crippen molar-refractivity contribution in [3.05, 3.63) is 23.2 Å². The average Bonchev–Trinajstić information content (AvgIpc) is 2.31. The number of carbonyl (C=O) groups is 1. The molecule has 4 nitrogen and oxygen atoms in total. The molecular formula is C15H22ClN3O. The highest BCUT2D eigenvalue weighted by Crippen LogP contribution is 2.24. The number of rotatable bonds is 6. The second kappa shape index (κ2) is 6.95. The molecule has 0 spiro atoms. The first-order chi connectivity index (χ1) is 9.56. The van der Waals surface area contributed by atoms with Crippen LogP contribution in [0.5, 0.6) is 0 Å². The molecule has 0 radical (unpaired) electrons. The fourth-order valence-electron chi connectivity index (χ4n) is 2.34. The monoisotopic (exact) mass is 295 g/mol. The van der Waals surface area contributed by atoms with Gasteiger partial charge in [-0.25, -0.2) is 0 Å². The molecule has 0 aliphatic heterocycles. The van der Waals surface area contributed by atoms with E-state index >= 15 is 0 Å². The molecule has 0 atom stereocenters. The van der Waals surface area contributed by atoms with Gasteiger partial charge in [0.1, 0.15) is 0 Å².